The van der Waals surface area contributed by atoms with E-state index in [9.17, 15) is 0 Å². The fourth-order valence-electron chi connectivity index (χ4n) is 1.43. The molecule has 0 aliphatic heterocycles. The summed E-state index contributed by atoms with van der Waals surface area (Å²) in [5, 5.41) is 3.12. The van der Waals surface area contributed by atoms with Gasteiger partial charge < -0.3 is 5.32 Å². The first kappa shape index (κ1) is 12.5. The molecule has 0 saturated carbocycles. The second-order valence-corrected chi connectivity index (χ2v) is 5.38. The van der Waals surface area contributed by atoms with E-state index in [2.05, 4.69) is 44.4 Å². The Kier molecular flexibility index (Phi) is 4.45. The molecular formula is C13H13BrN2S. The van der Waals surface area contributed by atoms with Gasteiger partial charge in [0.05, 0.1) is 5.69 Å². The van der Waals surface area contributed by atoms with E-state index < -0.39 is 0 Å². The summed E-state index contributed by atoms with van der Waals surface area (Å²) in [6.45, 7) is 0. The Hall–Kier alpha value is -1.00. The zero-order chi connectivity index (χ0) is 12.1. The van der Waals surface area contributed by atoms with Gasteiger partial charge in [0.1, 0.15) is 0 Å². The first-order valence-corrected chi connectivity index (χ1v) is 7.07. The fourth-order valence-corrected chi connectivity index (χ4v) is 2.90. The van der Waals surface area contributed by atoms with E-state index in [1.165, 1.54) is 4.90 Å². The van der Waals surface area contributed by atoms with Crippen LogP contribution >= 0.6 is 27.7 Å². The van der Waals surface area contributed by atoms with Crippen molar-refractivity contribution in [2.45, 2.75) is 10.6 Å². The van der Waals surface area contributed by atoms with Crippen LogP contribution in [0.1, 0.15) is 5.69 Å². The van der Waals surface area contributed by atoms with Gasteiger partial charge in [-0.1, -0.05) is 12.1 Å². The van der Waals surface area contributed by atoms with Crippen LogP contribution in [-0.2, 0) is 5.75 Å². The van der Waals surface area contributed by atoms with Crippen LogP contribution in [0.3, 0.4) is 0 Å². The molecule has 1 aromatic heterocycles. The van der Waals surface area contributed by atoms with Crippen LogP contribution in [0.2, 0.25) is 0 Å². The third kappa shape index (κ3) is 3.48. The van der Waals surface area contributed by atoms with Gasteiger partial charge in [0.15, 0.2) is 0 Å². The van der Waals surface area contributed by atoms with Gasteiger partial charge in [-0.3, -0.25) is 4.98 Å². The smallest absolute Gasteiger partial charge is 0.0526 e. The summed E-state index contributed by atoms with van der Waals surface area (Å²) in [6, 6.07) is 12.3. The van der Waals surface area contributed by atoms with Crippen LogP contribution in [0.5, 0.6) is 0 Å². The molecule has 0 bridgehead atoms. The Balaban J connectivity index is 2.05. The Morgan fingerprint density at radius 3 is 2.88 bits per heavy atom. The van der Waals surface area contributed by atoms with Crippen molar-refractivity contribution >= 4 is 33.4 Å². The molecule has 2 nitrogen and oxygen atoms in total. The van der Waals surface area contributed by atoms with Crippen LogP contribution in [0.15, 0.2) is 52.0 Å². The van der Waals surface area contributed by atoms with Crippen molar-refractivity contribution in [1.29, 1.82) is 0 Å². The molecule has 0 unspecified atom stereocenters. The zero-order valence-corrected chi connectivity index (χ0v) is 11.9. The number of aromatic nitrogens is 1. The average Bonchev–Trinajstić information content (AvgIpc) is 2.38. The largest absolute Gasteiger partial charge is 0.388 e. The summed E-state index contributed by atoms with van der Waals surface area (Å²) in [6.07, 6.45) is 1.84. The lowest BCUT2D eigenvalue weighted by Gasteiger charge is -2.05. The van der Waals surface area contributed by atoms with Crippen LogP contribution in [0.25, 0.3) is 0 Å². The molecule has 0 radical (unpaired) electrons. The standard InChI is InChI=1S/C13H13BrN2S/c1-15-10-6-7-16-11(8-10)9-17-13-5-3-2-4-12(13)14/h2-8H,9H2,1H3,(H,15,16). The van der Waals surface area contributed by atoms with Crippen molar-refractivity contribution in [1.82, 2.24) is 4.98 Å². The number of nitrogens with one attached hydrogen (secondary N) is 1. The molecule has 2 rings (SSSR count). The number of hydrogen-bond donors (Lipinski definition) is 1. The quantitative estimate of drug-likeness (QED) is 0.858. The average molecular weight is 309 g/mol. The highest BCUT2D eigenvalue weighted by atomic mass is 79.9. The van der Waals surface area contributed by atoms with Crippen LogP contribution in [0.4, 0.5) is 5.69 Å². The maximum Gasteiger partial charge on any atom is 0.0526 e. The third-order valence-electron chi connectivity index (χ3n) is 2.32. The van der Waals surface area contributed by atoms with E-state index in [4.69, 9.17) is 0 Å². The van der Waals surface area contributed by atoms with Crippen molar-refractivity contribution in [3.05, 3.63) is 52.8 Å². The molecule has 1 N–H and O–H groups in total. The predicted molar refractivity (Wildman–Crippen MR) is 77.5 cm³/mol. The van der Waals surface area contributed by atoms with Gasteiger partial charge in [-0.2, -0.15) is 0 Å². The molecule has 0 aliphatic rings. The van der Waals surface area contributed by atoms with Crippen LogP contribution < -0.4 is 5.32 Å². The topological polar surface area (TPSA) is 24.9 Å². The fraction of sp³-hybridized carbons (Fsp3) is 0.154. The van der Waals surface area contributed by atoms with Crippen molar-refractivity contribution in [3.63, 3.8) is 0 Å². The maximum atomic E-state index is 4.36. The molecule has 17 heavy (non-hydrogen) atoms. The minimum absolute atomic E-state index is 0.873. The molecule has 4 heteroatoms. The van der Waals surface area contributed by atoms with Gasteiger partial charge in [-0.15, -0.1) is 11.8 Å². The highest BCUT2D eigenvalue weighted by Crippen LogP contribution is 2.29. The van der Waals surface area contributed by atoms with Gasteiger partial charge >= 0.3 is 0 Å². The highest BCUT2D eigenvalue weighted by Gasteiger charge is 2.01. The molecule has 0 atom stereocenters. The summed E-state index contributed by atoms with van der Waals surface area (Å²) in [5.41, 5.74) is 2.18. The molecule has 88 valence electrons. The highest BCUT2D eigenvalue weighted by molar-refractivity contribution is 9.10. The van der Waals surface area contributed by atoms with Gasteiger partial charge in [-0.25, -0.2) is 0 Å². The second-order valence-electron chi connectivity index (χ2n) is 3.50. The minimum Gasteiger partial charge on any atom is -0.388 e. The van der Waals surface area contributed by atoms with E-state index in [1.54, 1.807) is 11.8 Å². The molecular weight excluding hydrogens is 296 g/mol. The van der Waals surface area contributed by atoms with Gasteiger partial charge in [0.25, 0.3) is 0 Å². The first-order valence-electron chi connectivity index (χ1n) is 5.29. The number of nitrogens with zero attached hydrogens (tertiary/aromatic N) is 1. The number of anilines is 1. The van der Waals surface area contributed by atoms with Crippen LogP contribution in [-0.4, -0.2) is 12.0 Å². The summed E-state index contributed by atoms with van der Waals surface area (Å²) in [4.78, 5) is 5.60. The predicted octanol–water partition coefficient (Wildman–Crippen LogP) is 4.18. The minimum atomic E-state index is 0.873. The molecule has 0 aliphatic carbocycles. The SMILES string of the molecule is CNc1ccnc(CSc2ccccc2Br)c1. The lowest BCUT2D eigenvalue weighted by Crippen LogP contribution is -1.92. The lowest BCUT2D eigenvalue weighted by atomic mass is 10.3. The van der Waals surface area contributed by atoms with E-state index in [1.807, 2.05) is 31.4 Å². The van der Waals surface area contributed by atoms with Gasteiger partial charge in [-0.05, 0) is 40.2 Å². The summed E-state index contributed by atoms with van der Waals surface area (Å²) in [5.74, 6) is 0.873. The number of pyridine rings is 1. The number of hydrogen-bond acceptors (Lipinski definition) is 3. The molecule has 0 fully saturated rings. The second kappa shape index (κ2) is 6.07. The Morgan fingerprint density at radius 2 is 2.12 bits per heavy atom. The van der Waals surface area contributed by atoms with E-state index in [0.717, 1.165) is 21.6 Å². The third-order valence-corrected chi connectivity index (χ3v) is 4.38. The van der Waals surface area contributed by atoms with Crippen LogP contribution in [0, 0.1) is 0 Å². The van der Waals surface area contributed by atoms with E-state index in [0.29, 0.717) is 0 Å². The van der Waals surface area contributed by atoms with Crippen molar-refractivity contribution < 1.29 is 0 Å². The van der Waals surface area contributed by atoms with Crippen molar-refractivity contribution in [3.8, 4) is 0 Å². The van der Waals surface area contributed by atoms with E-state index in [-0.39, 0.29) is 0 Å². The maximum absolute atomic E-state index is 4.36. The van der Waals surface area contributed by atoms with E-state index >= 15 is 0 Å². The number of thioether (sulfide) groups is 1. The van der Waals surface area contributed by atoms with Crippen molar-refractivity contribution in [2.75, 3.05) is 12.4 Å². The molecule has 1 heterocycles. The Labute approximate surface area is 114 Å². The summed E-state index contributed by atoms with van der Waals surface area (Å²) in [7, 11) is 1.92. The Morgan fingerprint density at radius 1 is 1.29 bits per heavy atom. The number of benzene rings is 1. The number of halogens is 1. The van der Waals surface area contributed by atoms with Gasteiger partial charge in [0.2, 0.25) is 0 Å². The first-order chi connectivity index (χ1) is 8.29. The van der Waals surface area contributed by atoms with Gasteiger partial charge in [0, 0.05) is 34.1 Å². The zero-order valence-electron chi connectivity index (χ0n) is 9.48. The summed E-state index contributed by atoms with van der Waals surface area (Å²) < 4.78 is 1.13. The molecule has 0 spiro atoms. The lowest BCUT2D eigenvalue weighted by molar-refractivity contribution is 1.17. The Bertz CT molecular complexity index is 502. The molecule has 0 saturated heterocycles. The molecule has 0 amide bonds. The number of rotatable bonds is 4. The molecule has 1 aromatic carbocycles. The normalized spacial score (nSPS) is 10.2. The van der Waals surface area contributed by atoms with Crippen molar-refractivity contribution in [2.24, 2.45) is 0 Å². The summed E-state index contributed by atoms with van der Waals surface area (Å²) >= 11 is 5.33. The monoisotopic (exact) mass is 308 g/mol. The molecule has 2 aromatic rings.